The summed E-state index contributed by atoms with van der Waals surface area (Å²) in [6.07, 6.45) is 3.15. The van der Waals surface area contributed by atoms with E-state index in [4.69, 9.17) is 4.74 Å². The lowest BCUT2D eigenvalue weighted by Crippen LogP contribution is -2.07. The molecule has 0 aliphatic rings. The van der Waals surface area contributed by atoms with Gasteiger partial charge in [-0.2, -0.15) is 0 Å². The van der Waals surface area contributed by atoms with E-state index in [1.807, 2.05) is 13.8 Å². The summed E-state index contributed by atoms with van der Waals surface area (Å²) in [6, 6.07) is 6.61. The first-order valence-electron chi connectivity index (χ1n) is 7.34. The monoisotopic (exact) mass is 312 g/mol. The number of fused-ring (bicyclic) bond motifs is 1. The Bertz CT molecular complexity index is 851. The second-order valence-corrected chi connectivity index (χ2v) is 5.34. The van der Waals surface area contributed by atoms with E-state index >= 15 is 0 Å². The van der Waals surface area contributed by atoms with Crippen molar-refractivity contribution in [1.82, 2.24) is 15.0 Å². The maximum atomic E-state index is 14.2. The predicted octanol–water partition coefficient (Wildman–Crippen LogP) is 3.66. The van der Waals surface area contributed by atoms with Gasteiger partial charge in [0, 0.05) is 25.0 Å². The van der Waals surface area contributed by atoms with Crippen molar-refractivity contribution in [2.75, 3.05) is 12.4 Å². The molecular formula is C17H17FN4O. The van der Waals surface area contributed by atoms with Crippen LogP contribution in [0.2, 0.25) is 0 Å². The fraction of sp³-hybridized carbons (Fsp3) is 0.235. The highest BCUT2D eigenvalue weighted by Gasteiger charge is 2.12. The third-order valence-corrected chi connectivity index (χ3v) is 3.28. The smallest absolute Gasteiger partial charge is 0.165 e. The Hall–Kier alpha value is -2.76. The minimum absolute atomic E-state index is 0.0830. The Balaban J connectivity index is 2.08. The van der Waals surface area contributed by atoms with E-state index in [1.165, 1.54) is 6.07 Å². The molecule has 0 atom stereocenters. The molecule has 3 rings (SSSR count). The van der Waals surface area contributed by atoms with Gasteiger partial charge in [0.25, 0.3) is 0 Å². The summed E-state index contributed by atoms with van der Waals surface area (Å²) in [7, 11) is 1.76. The van der Waals surface area contributed by atoms with E-state index < -0.39 is 5.82 Å². The summed E-state index contributed by atoms with van der Waals surface area (Å²) in [6.45, 7) is 3.71. The first-order chi connectivity index (χ1) is 11.1. The molecule has 0 spiro atoms. The number of rotatable bonds is 4. The SMILES string of the molecule is CNc1nc(-c2ccc(OC(C)C)c(F)c2)cc2nccnc12. The Morgan fingerprint density at radius 2 is 1.91 bits per heavy atom. The summed E-state index contributed by atoms with van der Waals surface area (Å²) in [4.78, 5) is 13.1. The molecule has 2 heterocycles. The third-order valence-electron chi connectivity index (χ3n) is 3.28. The third kappa shape index (κ3) is 3.06. The number of nitrogens with zero attached hydrogens (tertiary/aromatic N) is 3. The van der Waals surface area contributed by atoms with Crippen LogP contribution in [0.5, 0.6) is 5.75 Å². The van der Waals surface area contributed by atoms with Crippen LogP contribution in [-0.4, -0.2) is 28.1 Å². The normalized spacial score (nSPS) is 11.0. The van der Waals surface area contributed by atoms with Gasteiger partial charge in [-0.15, -0.1) is 0 Å². The summed E-state index contributed by atoms with van der Waals surface area (Å²) in [5.41, 5.74) is 2.66. The summed E-state index contributed by atoms with van der Waals surface area (Å²) < 4.78 is 19.6. The molecule has 5 nitrogen and oxygen atoms in total. The fourth-order valence-electron chi connectivity index (χ4n) is 2.30. The first-order valence-corrected chi connectivity index (χ1v) is 7.34. The highest BCUT2D eigenvalue weighted by atomic mass is 19.1. The average Bonchev–Trinajstić information content (AvgIpc) is 2.55. The van der Waals surface area contributed by atoms with Crippen molar-refractivity contribution >= 4 is 16.9 Å². The van der Waals surface area contributed by atoms with Crippen LogP contribution in [0.1, 0.15) is 13.8 Å². The first kappa shape index (κ1) is 15.1. The standard InChI is InChI=1S/C17H17FN4O/c1-10(2)23-15-5-4-11(8-12(15)18)13-9-14-16(17(19-3)22-13)21-7-6-20-14/h4-10H,1-3H3,(H,19,22). The average molecular weight is 312 g/mol. The zero-order valence-corrected chi connectivity index (χ0v) is 13.2. The second kappa shape index (κ2) is 6.16. The molecule has 0 unspecified atom stereocenters. The molecule has 0 saturated carbocycles. The second-order valence-electron chi connectivity index (χ2n) is 5.34. The number of aromatic nitrogens is 3. The highest BCUT2D eigenvalue weighted by Crippen LogP contribution is 2.28. The van der Waals surface area contributed by atoms with Crippen LogP contribution in [0.3, 0.4) is 0 Å². The van der Waals surface area contributed by atoms with Crippen LogP contribution in [0.4, 0.5) is 10.2 Å². The Labute approximate surface area is 133 Å². The van der Waals surface area contributed by atoms with Gasteiger partial charge < -0.3 is 10.1 Å². The van der Waals surface area contributed by atoms with Gasteiger partial charge in [-0.25, -0.2) is 14.4 Å². The number of nitrogens with one attached hydrogen (secondary N) is 1. The van der Waals surface area contributed by atoms with Crippen molar-refractivity contribution in [1.29, 1.82) is 0 Å². The molecule has 0 aliphatic heterocycles. The van der Waals surface area contributed by atoms with Crippen molar-refractivity contribution < 1.29 is 9.13 Å². The molecule has 0 saturated heterocycles. The lowest BCUT2D eigenvalue weighted by atomic mass is 10.1. The summed E-state index contributed by atoms with van der Waals surface area (Å²) in [5.74, 6) is 0.426. The van der Waals surface area contributed by atoms with Gasteiger partial charge in [-0.3, -0.25) is 4.98 Å². The Kier molecular flexibility index (Phi) is 4.06. The van der Waals surface area contributed by atoms with Crippen molar-refractivity contribution in [2.24, 2.45) is 0 Å². The summed E-state index contributed by atoms with van der Waals surface area (Å²) >= 11 is 0. The number of halogens is 1. The number of hydrogen-bond donors (Lipinski definition) is 1. The van der Waals surface area contributed by atoms with Gasteiger partial charge >= 0.3 is 0 Å². The molecule has 6 heteroatoms. The zero-order valence-electron chi connectivity index (χ0n) is 13.2. The van der Waals surface area contributed by atoms with E-state index in [0.717, 1.165) is 0 Å². The Morgan fingerprint density at radius 3 is 2.61 bits per heavy atom. The maximum absolute atomic E-state index is 14.2. The number of ether oxygens (including phenoxy) is 1. The fourth-order valence-corrected chi connectivity index (χ4v) is 2.30. The minimum atomic E-state index is -0.414. The van der Waals surface area contributed by atoms with E-state index in [1.54, 1.807) is 37.6 Å². The molecule has 0 amide bonds. The molecule has 0 bridgehead atoms. The van der Waals surface area contributed by atoms with Gasteiger partial charge in [0.15, 0.2) is 17.4 Å². The lowest BCUT2D eigenvalue weighted by Gasteiger charge is -2.12. The van der Waals surface area contributed by atoms with Crippen molar-refractivity contribution in [3.05, 3.63) is 42.5 Å². The minimum Gasteiger partial charge on any atom is -0.488 e. The predicted molar refractivity (Wildman–Crippen MR) is 88.0 cm³/mol. The quantitative estimate of drug-likeness (QED) is 0.796. The molecule has 2 aromatic heterocycles. The van der Waals surface area contributed by atoms with E-state index in [-0.39, 0.29) is 11.9 Å². The molecule has 0 fully saturated rings. The molecule has 23 heavy (non-hydrogen) atoms. The van der Waals surface area contributed by atoms with E-state index in [2.05, 4.69) is 20.3 Å². The van der Waals surface area contributed by atoms with Crippen molar-refractivity contribution in [2.45, 2.75) is 20.0 Å². The Morgan fingerprint density at radius 1 is 1.13 bits per heavy atom. The van der Waals surface area contributed by atoms with Crippen LogP contribution in [0, 0.1) is 5.82 Å². The van der Waals surface area contributed by atoms with Gasteiger partial charge in [0.1, 0.15) is 5.52 Å². The van der Waals surface area contributed by atoms with Crippen molar-refractivity contribution in [3.63, 3.8) is 0 Å². The number of anilines is 1. The molecule has 118 valence electrons. The number of benzene rings is 1. The largest absolute Gasteiger partial charge is 0.488 e. The van der Waals surface area contributed by atoms with Gasteiger partial charge in [0.05, 0.1) is 17.3 Å². The van der Waals surface area contributed by atoms with Crippen molar-refractivity contribution in [3.8, 4) is 17.0 Å². The van der Waals surface area contributed by atoms with E-state index in [0.29, 0.717) is 28.1 Å². The lowest BCUT2D eigenvalue weighted by molar-refractivity contribution is 0.231. The number of pyridine rings is 1. The van der Waals surface area contributed by atoms with Crippen LogP contribution < -0.4 is 10.1 Å². The molecule has 1 N–H and O–H groups in total. The zero-order chi connectivity index (χ0) is 16.4. The van der Waals surface area contributed by atoms with Crippen LogP contribution in [0.25, 0.3) is 22.3 Å². The molecule has 1 aromatic carbocycles. The summed E-state index contributed by atoms with van der Waals surface area (Å²) in [5, 5.41) is 3.00. The number of hydrogen-bond acceptors (Lipinski definition) is 5. The molecule has 0 radical (unpaired) electrons. The maximum Gasteiger partial charge on any atom is 0.165 e. The molecular weight excluding hydrogens is 295 g/mol. The van der Waals surface area contributed by atoms with E-state index in [9.17, 15) is 4.39 Å². The van der Waals surface area contributed by atoms with Crippen LogP contribution >= 0.6 is 0 Å². The van der Waals surface area contributed by atoms with Crippen LogP contribution in [0.15, 0.2) is 36.7 Å². The molecule has 0 aliphatic carbocycles. The van der Waals surface area contributed by atoms with Crippen LogP contribution in [-0.2, 0) is 0 Å². The topological polar surface area (TPSA) is 59.9 Å². The van der Waals surface area contributed by atoms with Gasteiger partial charge in [0.2, 0.25) is 0 Å². The molecule has 3 aromatic rings. The van der Waals surface area contributed by atoms with Gasteiger partial charge in [-0.05, 0) is 38.1 Å². The highest BCUT2D eigenvalue weighted by molar-refractivity contribution is 5.88. The van der Waals surface area contributed by atoms with Gasteiger partial charge in [-0.1, -0.05) is 0 Å².